The van der Waals surface area contributed by atoms with Crippen molar-refractivity contribution in [3.8, 4) is 0 Å². The van der Waals surface area contributed by atoms with Crippen molar-refractivity contribution in [3.05, 3.63) is 28.8 Å². The first kappa shape index (κ1) is 11.7. The Morgan fingerprint density at radius 3 is 2.62 bits per heavy atom. The van der Waals surface area contributed by atoms with Crippen LogP contribution in [0.3, 0.4) is 0 Å². The standard InChI is InChI=1S/C13H19ClN2/c1-10-3-4-12(9-13(10)14)15-11-5-7-16(2)8-6-11/h3-4,9,11,15H,5-8H2,1-2H3. The molecule has 0 spiro atoms. The van der Waals surface area contributed by atoms with Crippen LogP contribution in [-0.4, -0.2) is 31.1 Å². The highest BCUT2D eigenvalue weighted by atomic mass is 35.5. The Labute approximate surface area is 103 Å². The topological polar surface area (TPSA) is 15.3 Å². The zero-order valence-electron chi connectivity index (χ0n) is 9.96. The van der Waals surface area contributed by atoms with E-state index in [-0.39, 0.29) is 0 Å². The molecular formula is C13H19ClN2. The number of nitrogens with one attached hydrogen (secondary N) is 1. The van der Waals surface area contributed by atoms with Gasteiger partial charge in [-0.1, -0.05) is 17.7 Å². The molecule has 3 heteroatoms. The van der Waals surface area contributed by atoms with E-state index in [1.54, 1.807) is 0 Å². The Hall–Kier alpha value is -0.730. The maximum absolute atomic E-state index is 6.11. The van der Waals surface area contributed by atoms with Gasteiger partial charge in [-0.2, -0.15) is 0 Å². The summed E-state index contributed by atoms with van der Waals surface area (Å²) < 4.78 is 0. The highest BCUT2D eigenvalue weighted by Gasteiger charge is 2.16. The first-order valence-corrected chi connectivity index (χ1v) is 6.24. The molecule has 1 aromatic rings. The second-order valence-electron chi connectivity index (χ2n) is 4.69. The monoisotopic (exact) mass is 238 g/mol. The summed E-state index contributed by atoms with van der Waals surface area (Å²) in [7, 11) is 2.18. The largest absolute Gasteiger partial charge is 0.382 e. The van der Waals surface area contributed by atoms with E-state index in [2.05, 4.69) is 29.4 Å². The van der Waals surface area contributed by atoms with Crippen molar-refractivity contribution in [2.24, 2.45) is 0 Å². The molecule has 0 aromatic heterocycles. The van der Waals surface area contributed by atoms with Gasteiger partial charge in [-0.15, -0.1) is 0 Å². The van der Waals surface area contributed by atoms with Gasteiger partial charge in [-0.05, 0) is 57.6 Å². The van der Waals surface area contributed by atoms with E-state index < -0.39 is 0 Å². The van der Waals surface area contributed by atoms with Gasteiger partial charge in [0.1, 0.15) is 0 Å². The molecule has 2 rings (SSSR count). The number of piperidine rings is 1. The van der Waals surface area contributed by atoms with Gasteiger partial charge >= 0.3 is 0 Å². The fourth-order valence-corrected chi connectivity index (χ4v) is 2.25. The van der Waals surface area contributed by atoms with Gasteiger partial charge in [0.25, 0.3) is 0 Å². The summed E-state index contributed by atoms with van der Waals surface area (Å²) in [6.45, 7) is 4.39. The van der Waals surface area contributed by atoms with Crippen LogP contribution in [-0.2, 0) is 0 Å². The molecule has 1 heterocycles. The van der Waals surface area contributed by atoms with E-state index in [1.165, 1.54) is 25.9 Å². The van der Waals surface area contributed by atoms with Gasteiger partial charge in [0.05, 0.1) is 0 Å². The van der Waals surface area contributed by atoms with Gasteiger partial charge in [-0.25, -0.2) is 0 Å². The minimum atomic E-state index is 0.593. The van der Waals surface area contributed by atoms with Crippen LogP contribution in [0.5, 0.6) is 0 Å². The molecule has 0 saturated carbocycles. The van der Waals surface area contributed by atoms with E-state index in [0.717, 1.165) is 16.3 Å². The van der Waals surface area contributed by atoms with E-state index in [1.807, 2.05) is 13.0 Å². The lowest BCUT2D eigenvalue weighted by Gasteiger charge is -2.30. The summed E-state index contributed by atoms with van der Waals surface area (Å²) in [5.74, 6) is 0. The van der Waals surface area contributed by atoms with Crippen LogP contribution in [0.25, 0.3) is 0 Å². The van der Waals surface area contributed by atoms with Crippen molar-refractivity contribution in [2.75, 3.05) is 25.5 Å². The molecule has 1 aliphatic heterocycles. The quantitative estimate of drug-likeness (QED) is 0.852. The highest BCUT2D eigenvalue weighted by Crippen LogP contribution is 2.22. The zero-order chi connectivity index (χ0) is 11.5. The summed E-state index contributed by atoms with van der Waals surface area (Å²) in [5.41, 5.74) is 2.28. The normalized spacial score (nSPS) is 18.7. The lowest BCUT2D eigenvalue weighted by atomic mass is 10.1. The predicted molar refractivity (Wildman–Crippen MR) is 70.3 cm³/mol. The summed E-state index contributed by atoms with van der Waals surface area (Å²) in [4.78, 5) is 2.38. The van der Waals surface area contributed by atoms with Crippen LogP contribution in [0.2, 0.25) is 5.02 Å². The van der Waals surface area contributed by atoms with Crippen LogP contribution >= 0.6 is 11.6 Å². The van der Waals surface area contributed by atoms with Crippen molar-refractivity contribution in [1.82, 2.24) is 4.90 Å². The van der Waals surface area contributed by atoms with Crippen molar-refractivity contribution >= 4 is 17.3 Å². The van der Waals surface area contributed by atoms with Crippen molar-refractivity contribution in [1.29, 1.82) is 0 Å². The Balaban J connectivity index is 1.96. The van der Waals surface area contributed by atoms with E-state index >= 15 is 0 Å². The maximum atomic E-state index is 6.11. The van der Waals surface area contributed by atoms with Crippen molar-refractivity contribution in [2.45, 2.75) is 25.8 Å². The minimum absolute atomic E-state index is 0.593. The number of nitrogens with zero attached hydrogens (tertiary/aromatic N) is 1. The third-order valence-electron chi connectivity index (χ3n) is 3.26. The van der Waals surface area contributed by atoms with Gasteiger partial charge < -0.3 is 10.2 Å². The fourth-order valence-electron chi connectivity index (χ4n) is 2.07. The lowest BCUT2D eigenvalue weighted by Crippen LogP contribution is -2.36. The van der Waals surface area contributed by atoms with Gasteiger partial charge in [0.2, 0.25) is 0 Å². The SMILES string of the molecule is Cc1ccc(NC2CCN(C)CC2)cc1Cl. The van der Waals surface area contributed by atoms with Gasteiger partial charge in [-0.3, -0.25) is 0 Å². The van der Waals surface area contributed by atoms with Crippen LogP contribution in [0.1, 0.15) is 18.4 Å². The molecule has 1 fully saturated rings. The number of rotatable bonds is 2. The number of aryl methyl sites for hydroxylation is 1. The second-order valence-corrected chi connectivity index (χ2v) is 5.09. The molecule has 88 valence electrons. The lowest BCUT2D eigenvalue weighted by molar-refractivity contribution is 0.264. The van der Waals surface area contributed by atoms with Gasteiger partial charge in [0, 0.05) is 16.8 Å². The number of halogens is 1. The molecule has 1 saturated heterocycles. The van der Waals surface area contributed by atoms with Crippen LogP contribution in [0.4, 0.5) is 5.69 Å². The Morgan fingerprint density at radius 1 is 1.31 bits per heavy atom. The number of hydrogen-bond donors (Lipinski definition) is 1. The number of anilines is 1. The Bertz CT molecular complexity index is 357. The average Bonchev–Trinajstić information content (AvgIpc) is 2.27. The molecule has 1 aromatic carbocycles. The van der Waals surface area contributed by atoms with Crippen LogP contribution in [0.15, 0.2) is 18.2 Å². The number of hydrogen-bond acceptors (Lipinski definition) is 2. The third kappa shape index (κ3) is 2.89. The Morgan fingerprint density at radius 2 is 2.00 bits per heavy atom. The number of benzene rings is 1. The second kappa shape index (κ2) is 5.07. The van der Waals surface area contributed by atoms with Crippen LogP contribution in [0, 0.1) is 6.92 Å². The first-order valence-electron chi connectivity index (χ1n) is 5.86. The summed E-state index contributed by atoms with van der Waals surface area (Å²) in [6.07, 6.45) is 2.42. The Kier molecular flexibility index (Phi) is 3.72. The summed E-state index contributed by atoms with van der Waals surface area (Å²) >= 11 is 6.11. The molecule has 2 nitrogen and oxygen atoms in total. The van der Waals surface area contributed by atoms with E-state index in [4.69, 9.17) is 11.6 Å². The summed E-state index contributed by atoms with van der Waals surface area (Å²) in [5, 5.41) is 4.40. The first-order chi connectivity index (χ1) is 7.65. The average molecular weight is 239 g/mol. The fraction of sp³-hybridized carbons (Fsp3) is 0.538. The van der Waals surface area contributed by atoms with E-state index in [9.17, 15) is 0 Å². The molecule has 0 bridgehead atoms. The van der Waals surface area contributed by atoms with Crippen molar-refractivity contribution < 1.29 is 0 Å². The van der Waals surface area contributed by atoms with Crippen LogP contribution < -0.4 is 5.32 Å². The molecule has 0 aliphatic carbocycles. The maximum Gasteiger partial charge on any atom is 0.0455 e. The molecule has 0 amide bonds. The third-order valence-corrected chi connectivity index (χ3v) is 3.67. The smallest absolute Gasteiger partial charge is 0.0455 e. The minimum Gasteiger partial charge on any atom is -0.382 e. The highest BCUT2D eigenvalue weighted by molar-refractivity contribution is 6.31. The van der Waals surface area contributed by atoms with Crippen molar-refractivity contribution in [3.63, 3.8) is 0 Å². The molecule has 1 N–H and O–H groups in total. The molecule has 0 unspecified atom stereocenters. The molecule has 1 aliphatic rings. The molecule has 0 radical (unpaired) electrons. The number of likely N-dealkylation sites (tertiary alicyclic amines) is 1. The molecular weight excluding hydrogens is 220 g/mol. The summed E-state index contributed by atoms with van der Waals surface area (Å²) in [6, 6.07) is 6.80. The predicted octanol–water partition coefficient (Wildman–Crippen LogP) is 3.15. The van der Waals surface area contributed by atoms with E-state index in [0.29, 0.717) is 6.04 Å². The molecule has 0 atom stereocenters. The molecule has 16 heavy (non-hydrogen) atoms. The zero-order valence-corrected chi connectivity index (χ0v) is 10.7. The van der Waals surface area contributed by atoms with Gasteiger partial charge in [0.15, 0.2) is 0 Å².